The Kier molecular flexibility index (Phi) is 4.37. The molecule has 2 nitrogen and oxygen atoms in total. The van der Waals surface area contributed by atoms with Crippen molar-refractivity contribution >= 4 is 0 Å². The van der Waals surface area contributed by atoms with E-state index < -0.39 is 0 Å². The fraction of sp³-hybridized carbons (Fsp3) is 0.368. The van der Waals surface area contributed by atoms with Crippen LogP contribution in [0.3, 0.4) is 0 Å². The summed E-state index contributed by atoms with van der Waals surface area (Å²) in [5.41, 5.74) is 4.97. The summed E-state index contributed by atoms with van der Waals surface area (Å²) in [5, 5.41) is 0. The van der Waals surface area contributed by atoms with Gasteiger partial charge in [0.2, 0.25) is 0 Å². The summed E-state index contributed by atoms with van der Waals surface area (Å²) in [7, 11) is 0. The van der Waals surface area contributed by atoms with Crippen LogP contribution >= 0.6 is 0 Å². The average molecular weight is 282 g/mol. The van der Waals surface area contributed by atoms with E-state index in [0.717, 1.165) is 6.42 Å². The molecular formula is C19H22O2. The fourth-order valence-corrected chi connectivity index (χ4v) is 2.61. The third-order valence-electron chi connectivity index (χ3n) is 4.09. The Bertz CT molecular complexity index is 564. The third kappa shape index (κ3) is 3.34. The van der Waals surface area contributed by atoms with Crippen LogP contribution in [0.1, 0.15) is 30.6 Å². The van der Waals surface area contributed by atoms with Gasteiger partial charge >= 0.3 is 0 Å². The van der Waals surface area contributed by atoms with Crippen molar-refractivity contribution in [1.82, 2.24) is 0 Å². The maximum Gasteiger partial charge on any atom is 0.106 e. The van der Waals surface area contributed by atoms with Gasteiger partial charge in [0.1, 0.15) is 6.10 Å². The quantitative estimate of drug-likeness (QED) is 0.823. The molecule has 0 spiro atoms. The highest BCUT2D eigenvalue weighted by molar-refractivity contribution is 5.64. The lowest BCUT2D eigenvalue weighted by molar-refractivity contribution is -0.135. The van der Waals surface area contributed by atoms with Gasteiger partial charge in [0.15, 0.2) is 0 Å². The molecule has 2 aromatic rings. The van der Waals surface area contributed by atoms with Gasteiger partial charge in [-0.05, 0) is 30.0 Å². The second-order valence-electron chi connectivity index (χ2n) is 5.67. The number of ether oxygens (including phenoxy) is 2. The number of hydrogen-bond acceptors (Lipinski definition) is 2. The molecule has 2 atom stereocenters. The van der Waals surface area contributed by atoms with Gasteiger partial charge in [0, 0.05) is 0 Å². The summed E-state index contributed by atoms with van der Waals surface area (Å²) in [6.07, 6.45) is 1.34. The number of hydrogen-bond donors (Lipinski definition) is 0. The minimum Gasteiger partial charge on any atom is -0.373 e. The first-order chi connectivity index (χ1) is 10.3. The standard InChI is InChI=1S/C19H22O2/c1-3-18-12-21-19(13-20-18)17-10-8-16(9-11-17)15-6-4-14(2)5-7-15/h4-11,18-19H,3,12-13H2,1-2H3. The molecular weight excluding hydrogens is 260 g/mol. The van der Waals surface area contributed by atoms with E-state index in [1.54, 1.807) is 0 Å². The second kappa shape index (κ2) is 6.42. The van der Waals surface area contributed by atoms with E-state index in [4.69, 9.17) is 9.47 Å². The topological polar surface area (TPSA) is 18.5 Å². The zero-order valence-electron chi connectivity index (χ0n) is 12.7. The summed E-state index contributed by atoms with van der Waals surface area (Å²) in [6, 6.07) is 17.2. The molecule has 1 fully saturated rings. The van der Waals surface area contributed by atoms with Gasteiger partial charge in [-0.1, -0.05) is 61.0 Å². The minimum absolute atomic E-state index is 0.0693. The van der Waals surface area contributed by atoms with Crippen LogP contribution in [0.4, 0.5) is 0 Å². The van der Waals surface area contributed by atoms with E-state index in [-0.39, 0.29) is 12.2 Å². The summed E-state index contributed by atoms with van der Waals surface area (Å²) >= 11 is 0. The molecule has 0 N–H and O–H groups in total. The van der Waals surface area contributed by atoms with E-state index in [9.17, 15) is 0 Å². The number of benzene rings is 2. The molecule has 1 heterocycles. The molecule has 0 amide bonds. The van der Waals surface area contributed by atoms with Crippen molar-refractivity contribution in [2.45, 2.75) is 32.5 Å². The van der Waals surface area contributed by atoms with Crippen molar-refractivity contribution in [1.29, 1.82) is 0 Å². The highest BCUT2D eigenvalue weighted by atomic mass is 16.6. The predicted molar refractivity (Wildman–Crippen MR) is 85.3 cm³/mol. The van der Waals surface area contributed by atoms with Gasteiger partial charge in [-0.2, -0.15) is 0 Å². The van der Waals surface area contributed by atoms with E-state index in [0.29, 0.717) is 13.2 Å². The Morgan fingerprint density at radius 2 is 1.48 bits per heavy atom. The Balaban J connectivity index is 1.71. The van der Waals surface area contributed by atoms with Crippen LogP contribution in [-0.4, -0.2) is 19.3 Å². The summed E-state index contributed by atoms with van der Waals surface area (Å²) in [6.45, 7) is 5.59. The number of rotatable bonds is 3. The van der Waals surface area contributed by atoms with Crippen LogP contribution in [0.25, 0.3) is 11.1 Å². The van der Waals surface area contributed by atoms with Crippen molar-refractivity contribution < 1.29 is 9.47 Å². The van der Waals surface area contributed by atoms with E-state index in [1.165, 1.54) is 22.3 Å². The normalized spacial score (nSPS) is 22.2. The van der Waals surface area contributed by atoms with Crippen LogP contribution in [0.2, 0.25) is 0 Å². The smallest absolute Gasteiger partial charge is 0.106 e. The van der Waals surface area contributed by atoms with Gasteiger partial charge in [-0.25, -0.2) is 0 Å². The highest BCUT2D eigenvalue weighted by Crippen LogP contribution is 2.27. The molecule has 0 radical (unpaired) electrons. The van der Waals surface area contributed by atoms with E-state index >= 15 is 0 Å². The van der Waals surface area contributed by atoms with Crippen LogP contribution in [0.5, 0.6) is 0 Å². The van der Waals surface area contributed by atoms with Crippen molar-refractivity contribution in [2.24, 2.45) is 0 Å². The van der Waals surface area contributed by atoms with Crippen molar-refractivity contribution in [3.8, 4) is 11.1 Å². The van der Waals surface area contributed by atoms with Crippen molar-refractivity contribution in [3.63, 3.8) is 0 Å². The second-order valence-corrected chi connectivity index (χ2v) is 5.67. The lowest BCUT2D eigenvalue weighted by atomic mass is 10.0. The summed E-state index contributed by atoms with van der Waals surface area (Å²) in [4.78, 5) is 0. The molecule has 0 aliphatic carbocycles. The molecule has 1 aliphatic rings. The van der Waals surface area contributed by atoms with Gasteiger partial charge in [0.25, 0.3) is 0 Å². The molecule has 0 saturated carbocycles. The third-order valence-corrected chi connectivity index (χ3v) is 4.09. The van der Waals surface area contributed by atoms with Crippen LogP contribution < -0.4 is 0 Å². The van der Waals surface area contributed by atoms with Gasteiger partial charge < -0.3 is 9.47 Å². The van der Waals surface area contributed by atoms with Crippen LogP contribution in [0, 0.1) is 6.92 Å². The molecule has 110 valence electrons. The molecule has 0 aromatic heterocycles. The number of aryl methyl sites for hydroxylation is 1. The van der Waals surface area contributed by atoms with Gasteiger partial charge in [-0.15, -0.1) is 0 Å². The minimum atomic E-state index is 0.0693. The Hall–Kier alpha value is -1.64. The summed E-state index contributed by atoms with van der Waals surface area (Å²) < 4.78 is 11.7. The molecule has 3 rings (SSSR count). The lowest BCUT2D eigenvalue weighted by Gasteiger charge is -2.29. The maximum absolute atomic E-state index is 5.90. The summed E-state index contributed by atoms with van der Waals surface area (Å²) in [5.74, 6) is 0. The van der Waals surface area contributed by atoms with Gasteiger partial charge in [-0.3, -0.25) is 0 Å². The molecule has 1 aliphatic heterocycles. The average Bonchev–Trinajstić information content (AvgIpc) is 2.56. The largest absolute Gasteiger partial charge is 0.373 e. The monoisotopic (exact) mass is 282 g/mol. The van der Waals surface area contributed by atoms with E-state index in [2.05, 4.69) is 62.4 Å². The molecule has 1 saturated heterocycles. The molecule has 2 aromatic carbocycles. The first kappa shape index (κ1) is 14.3. The Labute approximate surface area is 126 Å². The van der Waals surface area contributed by atoms with E-state index in [1.807, 2.05) is 0 Å². The zero-order chi connectivity index (χ0) is 14.7. The lowest BCUT2D eigenvalue weighted by Crippen LogP contribution is -2.30. The van der Waals surface area contributed by atoms with Gasteiger partial charge in [0.05, 0.1) is 19.3 Å². The molecule has 2 unspecified atom stereocenters. The van der Waals surface area contributed by atoms with Crippen LogP contribution in [0.15, 0.2) is 48.5 Å². The van der Waals surface area contributed by atoms with Crippen molar-refractivity contribution in [3.05, 3.63) is 59.7 Å². The predicted octanol–water partition coefficient (Wildman–Crippen LogP) is 4.53. The molecule has 2 heteroatoms. The highest BCUT2D eigenvalue weighted by Gasteiger charge is 2.22. The SMILES string of the molecule is CCC1COC(c2ccc(-c3ccc(C)cc3)cc2)CO1. The molecule has 21 heavy (non-hydrogen) atoms. The maximum atomic E-state index is 5.90. The Morgan fingerprint density at radius 1 is 0.857 bits per heavy atom. The van der Waals surface area contributed by atoms with Crippen molar-refractivity contribution in [2.75, 3.05) is 13.2 Å². The first-order valence-electron chi connectivity index (χ1n) is 7.66. The fourth-order valence-electron chi connectivity index (χ4n) is 2.61. The zero-order valence-corrected chi connectivity index (χ0v) is 12.7. The Morgan fingerprint density at radius 3 is 2.00 bits per heavy atom. The first-order valence-corrected chi connectivity index (χ1v) is 7.66. The molecule has 0 bridgehead atoms. The van der Waals surface area contributed by atoms with Crippen LogP contribution in [-0.2, 0) is 9.47 Å².